The van der Waals surface area contributed by atoms with Crippen LogP contribution in [0.15, 0.2) is 53.5 Å². The Morgan fingerprint density at radius 3 is 1.97 bits per heavy atom. The fourth-order valence-electron chi connectivity index (χ4n) is 3.79. The Labute approximate surface area is 173 Å². The third-order valence-electron chi connectivity index (χ3n) is 5.30. The van der Waals surface area contributed by atoms with Crippen LogP contribution >= 0.6 is 12.2 Å². The highest BCUT2D eigenvalue weighted by Gasteiger charge is 2.59. The van der Waals surface area contributed by atoms with Gasteiger partial charge in [0.25, 0.3) is 11.8 Å². The van der Waals surface area contributed by atoms with E-state index in [2.05, 4.69) is 15.6 Å². The van der Waals surface area contributed by atoms with Gasteiger partial charge in [-0.2, -0.15) is 0 Å². The summed E-state index contributed by atoms with van der Waals surface area (Å²) in [6, 6.07) is 14.7. The first-order valence-electron chi connectivity index (χ1n) is 9.02. The smallest absolute Gasteiger partial charge is 0.264 e. The van der Waals surface area contributed by atoms with Gasteiger partial charge in [-0.3, -0.25) is 14.6 Å². The van der Waals surface area contributed by atoms with Gasteiger partial charge in [-0.15, -0.1) is 0 Å². The molecule has 4 rings (SSSR count). The van der Waals surface area contributed by atoms with E-state index in [0.29, 0.717) is 23.6 Å². The van der Waals surface area contributed by atoms with Crippen LogP contribution < -0.4 is 20.1 Å². The van der Waals surface area contributed by atoms with Crippen molar-refractivity contribution >= 4 is 34.9 Å². The van der Waals surface area contributed by atoms with Crippen LogP contribution in [-0.2, 0) is 9.59 Å². The van der Waals surface area contributed by atoms with Crippen LogP contribution in [0.4, 0.5) is 0 Å². The molecule has 2 heterocycles. The minimum Gasteiger partial charge on any atom is -0.497 e. The van der Waals surface area contributed by atoms with Crippen molar-refractivity contribution < 1.29 is 19.1 Å². The molecule has 2 amide bonds. The number of aliphatic imine (C=N–C) groups is 1. The Bertz CT molecular complexity index is 995. The van der Waals surface area contributed by atoms with Gasteiger partial charge in [0.2, 0.25) is 5.54 Å². The predicted octanol–water partition coefficient (Wildman–Crippen LogP) is 1.95. The maximum absolute atomic E-state index is 13.0. The van der Waals surface area contributed by atoms with Crippen molar-refractivity contribution in [3.63, 3.8) is 0 Å². The van der Waals surface area contributed by atoms with Gasteiger partial charge in [-0.25, -0.2) is 0 Å². The van der Waals surface area contributed by atoms with Crippen LogP contribution in [-0.4, -0.2) is 42.4 Å². The van der Waals surface area contributed by atoms with Crippen LogP contribution in [0.1, 0.15) is 23.5 Å². The summed E-state index contributed by atoms with van der Waals surface area (Å²) in [7, 11) is 3.18. The highest BCUT2D eigenvalue weighted by atomic mass is 32.1. The number of carbonyl (C=O) groups excluding carboxylic acids is 2. The van der Waals surface area contributed by atoms with Gasteiger partial charge in [-0.1, -0.05) is 12.1 Å². The van der Waals surface area contributed by atoms with Crippen molar-refractivity contribution in [3.05, 3.63) is 59.7 Å². The van der Waals surface area contributed by atoms with Gasteiger partial charge in [0.05, 0.1) is 14.2 Å². The number of nitrogens with one attached hydrogen (secondary N) is 2. The molecule has 0 bridgehead atoms. The summed E-state index contributed by atoms with van der Waals surface area (Å²) in [6.07, 6.45) is 0.423. The number of rotatable bonds is 4. The van der Waals surface area contributed by atoms with Gasteiger partial charge in [-0.05, 0) is 59.7 Å². The highest BCUT2D eigenvalue weighted by molar-refractivity contribution is 7.80. The lowest BCUT2D eigenvalue weighted by Gasteiger charge is -2.34. The lowest BCUT2D eigenvalue weighted by Crippen LogP contribution is -2.66. The minimum absolute atomic E-state index is 0.00722. The van der Waals surface area contributed by atoms with Crippen LogP contribution in [0.3, 0.4) is 0 Å². The second kappa shape index (κ2) is 7.29. The Balaban J connectivity index is 1.80. The summed E-state index contributed by atoms with van der Waals surface area (Å²) >= 11 is 4.97. The molecule has 1 atom stereocenters. The molecule has 2 aromatic rings. The van der Waals surface area contributed by atoms with E-state index in [-0.39, 0.29) is 5.11 Å². The molecule has 7 nitrogen and oxygen atoms in total. The zero-order valence-corrected chi connectivity index (χ0v) is 16.7. The Morgan fingerprint density at radius 2 is 1.45 bits per heavy atom. The quantitative estimate of drug-likeness (QED) is 0.595. The first-order chi connectivity index (χ1) is 14.0. The van der Waals surface area contributed by atoms with Gasteiger partial charge >= 0.3 is 0 Å². The van der Waals surface area contributed by atoms with E-state index in [9.17, 15) is 9.59 Å². The molecule has 2 aliphatic rings. The van der Waals surface area contributed by atoms with Crippen molar-refractivity contribution in [2.24, 2.45) is 4.99 Å². The third-order valence-corrected chi connectivity index (χ3v) is 5.51. The van der Waals surface area contributed by atoms with Crippen molar-refractivity contribution in [2.45, 2.75) is 17.9 Å². The summed E-state index contributed by atoms with van der Waals surface area (Å²) in [5, 5.41) is 5.12. The molecular formula is C21H19N3O4S. The molecule has 1 fully saturated rings. The largest absolute Gasteiger partial charge is 0.497 e. The Hall–Kier alpha value is -3.26. The van der Waals surface area contributed by atoms with E-state index in [1.807, 2.05) is 36.4 Å². The summed E-state index contributed by atoms with van der Waals surface area (Å²) in [4.78, 5) is 30.7. The van der Waals surface area contributed by atoms with Crippen LogP contribution in [0, 0.1) is 0 Å². The standard InChI is InChI=1S/C21H19N3O4S/c1-27-14-7-3-12(4-8-14)16-11-17(13-5-9-15(28-2)10-6-13)24-21(16)18(25)22-20(29)23-19(21)26/h3-10,16H,11H2,1-2H3,(H2,22,23,25,26,29). The van der Waals surface area contributed by atoms with Crippen molar-refractivity contribution in [1.29, 1.82) is 0 Å². The maximum Gasteiger partial charge on any atom is 0.264 e. The monoisotopic (exact) mass is 409 g/mol. The van der Waals surface area contributed by atoms with E-state index in [1.54, 1.807) is 26.4 Å². The number of ether oxygens (including phenoxy) is 2. The molecule has 1 saturated heterocycles. The number of hydrogen-bond donors (Lipinski definition) is 2. The zero-order valence-electron chi connectivity index (χ0n) is 15.9. The van der Waals surface area contributed by atoms with Crippen LogP contribution in [0.25, 0.3) is 0 Å². The summed E-state index contributed by atoms with van der Waals surface area (Å²) in [6.45, 7) is 0. The molecule has 8 heteroatoms. The normalized spacial score (nSPS) is 20.1. The molecule has 29 heavy (non-hydrogen) atoms. The van der Waals surface area contributed by atoms with E-state index < -0.39 is 23.3 Å². The zero-order chi connectivity index (χ0) is 20.6. The lowest BCUT2D eigenvalue weighted by atomic mass is 9.77. The second-order valence-electron chi connectivity index (χ2n) is 6.82. The fourth-order valence-corrected chi connectivity index (χ4v) is 3.97. The molecule has 1 spiro atoms. The average molecular weight is 409 g/mol. The molecule has 1 unspecified atom stereocenters. The van der Waals surface area contributed by atoms with Crippen molar-refractivity contribution in [1.82, 2.24) is 10.6 Å². The van der Waals surface area contributed by atoms with Gasteiger partial charge < -0.3 is 20.1 Å². The van der Waals surface area contributed by atoms with Crippen molar-refractivity contribution in [2.75, 3.05) is 14.2 Å². The number of amides is 2. The molecular weight excluding hydrogens is 390 g/mol. The van der Waals surface area contributed by atoms with E-state index in [4.69, 9.17) is 21.7 Å². The molecule has 148 valence electrons. The molecule has 2 N–H and O–H groups in total. The first kappa shape index (κ1) is 19.1. The van der Waals surface area contributed by atoms with Gasteiger partial charge in [0.15, 0.2) is 5.11 Å². The maximum atomic E-state index is 13.0. The number of carbonyl (C=O) groups is 2. The van der Waals surface area contributed by atoms with E-state index >= 15 is 0 Å². The second-order valence-corrected chi connectivity index (χ2v) is 7.23. The fraction of sp³-hybridized carbons (Fsp3) is 0.238. The molecule has 0 radical (unpaired) electrons. The Morgan fingerprint density at radius 1 is 0.931 bits per heavy atom. The predicted molar refractivity (Wildman–Crippen MR) is 111 cm³/mol. The summed E-state index contributed by atoms with van der Waals surface area (Å²) < 4.78 is 10.4. The first-order valence-corrected chi connectivity index (χ1v) is 9.42. The highest BCUT2D eigenvalue weighted by Crippen LogP contribution is 2.43. The summed E-state index contributed by atoms with van der Waals surface area (Å²) in [5.74, 6) is -0.108. The minimum atomic E-state index is -1.62. The third kappa shape index (κ3) is 3.15. The van der Waals surface area contributed by atoms with Crippen LogP contribution in [0.5, 0.6) is 11.5 Å². The SMILES string of the molecule is COc1ccc(C2=NC3(C(=O)NC(=S)NC3=O)C(c3ccc(OC)cc3)C2)cc1. The van der Waals surface area contributed by atoms with E-state index in [0.717, 1.165) is 11.1 Å². The topological polar surface area (TPSA) is 89.0 Å². The van der Waals surface area contributed by atoms with E-state index in [1.165, 1.54) is 0 Å². The van der Waals surface area contributed by atoms with Gasteiger partial charge in [0, 0.05) is 18.1 Å². The molecule has 2 aromatic carbocycles. The molecule has 2 aliphatic heterocycles. The lowest BCUT2D eigenvalue weighted by molar-refractivity contribution is -0.137. The number of nitrogens with zero attached hydrogens (tertiary/aromatic N) is 1. The number of benzene rings is 2. The average Bonchev–Trinajstić information content (AvgIpc) is 3.14. The summed E-state index contributed by atoms with van der Waals surface area (Å²) in [5.41, 5.74) is 0.698. The van der Waals surface area contributed by atoms with Crippen LogP contribution in [0.2, 0.25) is 0 Å². The number of hydrogen-bond acceptors (Lipinski definition) is 6. The molecule has 0 saturated carbocycles. The van der Waals surface area contributed by atoms with Crippen molar-refractivity contribution in [3.8, 4) is 11.5 Å². The molecule has 0 aliphatic carbocycles. The van der Waals surface area contributed by atoms with Gasteiger partial charge in [0.1, 0.15) is 11.5 Å². The number of thiocarbonyl (C=S) groups is 1. The number of methoxy groups -OCH3 is 2. The molecule has 0 aromatic heterocycles. The Kier molecular flexibility index (Phi) is 4.79.